The van der Waals surface area contributed by atoms with Crippen LogP contribution in [0.2, 0.25) is 5.02 Å². The fraction of sp³-hybridized carbons (Fsp3) is 0.421. The predicted octanol–water partition coefficient (Wildman–Crippen LogP) is 2.97. The number of benzene rings is 1. The highest BCUT2D eigenvalue weighted by molar-refractivity contribution is 6.32. The second-order valence-electron chi connectivity index (χ2n) is 5.98. The van der Waals surface area contributed by atoms with Gasteiger partial charge in [-0.1, -0.05) is 11.6 Å². The number of methoxy groups -OCH3 is 1. The van der Waals surface area contributed by atoms with Gasteiger partial charge < -0.3 is 19.7 Å². The second kappa shape index (κ2) is 9.83. The van der Waals surface area contributed by atoms with Crippen LogP contribution in [0.1, 0.15) is 19.8 Å². The van der Waals surface area contributed by atoms with Gasteiger partial charge in [0.1, 0.15) is 17.4 Å². The van der Waals surface area contributed by atoms with Crippen molar-refractivity contribution in [2.24, 2.45) is 5.92 Å². The predicted molar refractivity (Wildman–Crippen MR) is 101 cm³/mol. The number of carbonyl (C=O) groups is 2. The summed E-state index contributed by atoms with van der Waals surface area (Å²) in [6.07, 6.45) is 2.42. The Labute approximate surface area is 163 Å². The van der Waals surface area contributed by atoms with E-state index in [0.29, 0.717) is 49.0 Å². The van der Waals surface area contributed by atoms with E-state index in [1.807, 2.05) is 6.07 Å². The molecule has 0 radical (unpaired) electrons. The van der Waals surface area contributed by atoms with Crippen molar-refractivity contribution in [2.45, 2.75) is 19.8 Å². The normalized spacial score (nSPS) is 15.0. The minimum atomic E-state index is -0.369. The van der Waals surface area contributed by atoms with E-state index in [4.69, 9.17) is 21.1 Å². The summed E-state index contributed by atoms with van der Waals surface area (Å²) >= 11 is 6.06. The van der Waals surface area contributed by atoms with E-state index in [-0.39, 0.29) is 23.4 Å². The third-order valence-corrected chi connectivity index (χ3v) is 4.58. The number of nitrogens with one attached hydrogen (secondary N) is 1. The van der Waals surface area contributed by atoms with Crippen molar-refractivity contribution < 1.29 is 19.1 Å². The summed E-state index contributed by atoms with van der Waals surface area (Å²) in [4.78, 5) is 25.9. The number of halogens is 1. The first-order valence-electron chi connectivity index (χ1n) is 8.66. The van der Waals surface area contributed by atoms with E-state index >= 15 is 0 Å². The largest absolute Gasteiger partial charge is 0.495 e. The highest BCUT2D eigenvalue weighted by atomic mass is 35.5. The summed E-state index contributed by atoms with van der Waals surface area (Å²) in [5, 5.41) is 12.6. The van der Waals surface area contributed by atoms with Crippen LogP contribution in [0.3, 0.4) is 0 Å². The van der Waals surface area contributed by atoms with Crippen molar-refractivity contribution >= 4 is 29.2 Å². The summed E-state index contributed by atoms with van der Waals surface area (Å²) in [6.45, 7) is 2.94. The van der Waals surface area contributed by atoms with Gasteiger partial charge >= 0.3 is 5.97 Å². The number of hydrogen-bond donors (Lipinski definition) is 1. The van der Waals surface area contributed by atoms with E-state index in [1.165, 1.54) is 13.3 Å². The highest BCUT2D eigenvalue weighted by Crippen LogP contribution is 2.27. The van der Waals surface area contributed by atoms with Crippen LogP contribution in [0, 0.1) is 17.2 Å². The number of esters is 1. The number of carbonyl (C=O) groups excluding carboxylic acids is 2. The van der Waals surface area contributed by atoms with Crippen LogP contribution in [0.4, 0.5) is 5.69 Å². The molecular formula is C19H22ClN3O4. The molecule has 8 heteroatoms. The Kier molecular flexibility index (Phi) is 7.50. The van der Waals surface area contributed by atoms with Crippen LogP contribution >= 0.6 is 11.6 Å². The number of likely N-dealkylation sites (tertiary alicyclic amines) is 1. The number of amides is 1. The van der Waals surface area contributed by atoms with Crippen LogP contribution in [0.5, 0.6) is 5.75 Å². The molecular weight excluding hydrogens is 370 g/mol. The molecule has 0 spiro atoms. The molecule has 1 fully saturated rings. The molecule has 0 bridgehead atoms. The van der Waals surface area contributed by atoms with Crippen molar-refractivity contribution in [1.29, 1.82) is 5.26 Å². The van der Waals surface area contributed by atoms with Gasteiger partial charge in [-0.2, -0.15) is 5.26 Å². The third-order valence-electron chi connectivity index (χ3n) is 4.29. The number of hydrogen-bond acceptors (Lipinski definition) is 6. The Morgan fingerprint density at radius 3 is 2.67 bits per heavy atom. The summed E-state index contributed by atoms with van der Waals surface area (Å²) in [5.74, 6) is -0.249. The quantitative estimate of drug-likeness (QED) is 0.455. The Balaban J connectivity index is 1.98. The lowest BCUT2D eigenvalue weighted by molar-refractivity contribution is -0.150. The van der Waals surface area contributed by atoms with E-state index in [9.17, 15) is 14.9 Å². The number of ether oxygens (including phenoxy) is 2. The first-order valence-corrected chi connectivity index (χ1v) is 9.04. The van der Waals surface area contributed by atoms with Gasteiger partial charge in [0.25, 0.3) is 5.91 Å². The summed E-state index contributed by atoms with van der Waals surface area (Å²) < 4.78 is 10.1. The molecule has 0 atom stereocenters. The molecule has 1 aromatic rings. The molecule has 27 heavy (non-hydrogen) atoms. The smallest absolute Gasteiger partial charge is 0.309 e. The van der Waals surface area contributed by atoms with E-state index in [1.54, 1.807) is 30.0 Å². The highest BCUT2D eigenvalue weighted by Gasteiger charge is 2.29. The van der Waals surface area contributed by atoms with Gasteiger partial charge in [-0.25, -0.2) is 0 Å². The molecule has 144 valence electrons. The zero-order valence-electron chi connectivity index (χ0n) is 15.3. The number of nitriles is 1. The van der Waals surface area contributed by atoms with Crippen molar-refractivity contribution in [2.75, 3.05) is 32.1 Å². The molecule has 1 aliphatic rings. The van der Waals surface area contributed by atoms with Crippen molar-refractivity contribution in [3.8, 4) is 11.8 Å². The number of rotatable bonds is 6. The molecule has 0 aliphatic carbocycles. The van der Waals surface area contributed by atoms with Gasteiger partial charge in [0.05, 0.1) is 24.7 Å². The van der Waals surface area contributed by atoms with E-state index in [0.717, 1.165) is 0 Å². The molecule has 1 saturated heterocycles. The molecule has 0 saturated carbocycles. The Morgan fingerprint density at radius 2 is 2.11 bits per heavy atom. The molecule has 0 unspecified atom stereocenters. The lowest BCUT2D eigenvalue weighted by Crippen LogP contribution is -2.41. The fourth-order valence-corrected chi connectivity index (χ4v) is 3.06. The van der Waals surface area contributed by atoms with Gasteiger partial charge in [-0.3, -0.25) is 9.59 Å². The molecule has 0 aromatic heterocycles. The van der Waals surface area contributed by atoms with Crippen molar-refractivity contribution in [3.05, 3.63) is 35.0 Å². The monoisotopic (exact) mass is 391 g/mol. The minimum Gasteiger partial charge on any atom is -0.495 e. The maximum atomic E-state index is 12.6. The average Bonchev–Trinajstić information content (AvgIpc) is 2.68. The van der Waals surface area contributed by atoms with E-state index < -0.39 is 0 Å². The van der Waals surface area contributed by atoms with Gasteiger partial charge in [0.2, 0.25) is 0 Å². The van der Waals surface area contributed by atoms with Crippen LogP contribution in [0.15, 0.2) is 30.0 Å². The lowest BCUT2D eigenvalue weighted by atomic mass is 9.96. The molecule has 1 amide bonds. The standard InChI is InChI=1S/C19H22ClN3O4/c1-3-27-19(25)13-6-8-23(9-7-13)18(24)14(11-21)12-22-15-4-5-17(26-2)16(20)10-15/h4-5,10,12-13,22H,3,6-9H2,1-2H3/b14-12-. The first kappa shape index (κ1) is 20.6. The Hall–Kier alpha value is -2.72. The van der Waals surface area contributed by atoms with Crippen molar-refractivity contribution in [1.82, 2.24) is 4.90 Å². The number of anilines is 1. The summed E-state index contributed by atoms with van der Waals surface area (Å²) in [7, 11) is 1.52. The maximum Gasteiger partial charge on any atom is 0.309 e. The number of nitrogens with zero attached hydrogens (tertiary/aromatic N) is 2. The van der Waals surface area contributed by atoms with Crippen LogP contribution in [-0.2, 0) is 14.3 Å². The molecule has 7 nitrogen and oxygen atoms in total. The summed E-state index contributed by atoms with van der Waals surface area (Å²) in [6, 6.07) is 6.97. The Bertz CT molecular complexity index is 765. The minimum absolute atomic E-state index is 0.0171. The molecule has 1 heterocycles. The number of piperidine rings is 1. The SMILES string of the molecule is CCOC(=O)C1CCN(C(=O)/C(C#N)=C\Nc2ccc(OC)c(Cl)c2)CC1. The first-order chi connectivity index (χ1) is 13.0. The van der Waals surface area contributed by atoms with Crippen LogP contribution < -0.4 is 10.1 Å². The zero-order chi connectivity index (χ0) is 19.8. The second-order valence-corrected chi connectivity index (χ2v) is 6.39. The zero-order valence-corrected chi connectivity index (χ0v) is 16.1. The van der Waals surface area contributed by atoms with E-state index in [2.05, 4.69) is 5.32 Å². The third kappa shape index (κ3) is 5.38. The Morgan fingerprint density at radius 1 is 1.41 bits per heavy atom. The van der Waals surface area contributed by atoms with Gasteiger partial charge in [0, 0.05) is 25.0 Å². The average molecular weight is 392 g/mol. The summed E-state index contributed by atoms with van der Waals surface area (Å²) in [5.41, 5.74) is 0.610. The van der Waals surface area contributed by atoms with Crippen LogP contribution in [-0.4, -0.2) is 43.6 Å². The van der Waals surface area contributed by atoms with Gasteiger partial charge in [-0.05, 0) is 38.0 Å². The molecule has 1 aromatic carbocycles. The molecule has 1 aliphatic heterocycles. The van der Waals surface area contributed by atoms with Crippen LogP contribution in [0.25, 0.3) is 0 Å². The molecule has 1 N–H and O–H groups in total. The maximum absolute atomic E-state index is 12.6. The van der Waals surface area contributed by atoms with Crippen molar-refractivity contribution in [3.63, 3.8) is 0 Å². The fourth-order valence-electron chi connectivity index (χ4n) is 2.80. The van der Waals surface area contributed by atoms with Gasteiger partial charge in [-0.15, -0.1) is 0 Å². The molecule has 2 rings (SSSR count). The van der Waals surface area contributed by atoms with Gasteiger partial charge in [0.15, 0.2) is 0 Å². The topological polar surface area (TPSA) is 91.7 Å². The lowest BCUT2D eigenvalue weighted by Gasteiger charge is -2.30.